The van der Waals surface area contributed by atoms with Gasteiger partial charge in [0.05, 0.1) is 0 Å². The molecule has 1 heterocycles. The molecule has 1 fully saturated rings. The van der Waals surface area contributed by atoms with Crippen LogP contribution in [0.1, 0.15) is 47.0 Å². The van der Waals surface area contributed by atoms with E-state index in [0.717, 1.165) is 5.92 Å². The topological polar surface area (TPSA) is 12.0 Å². The summed E-state index contributed by atoms with van der Waals surface area (Å²) in [5, 5.41) is 3.72. The summed E-state index contributed by atoms with van der Waals surface area (Å²) in [4.78, 5) is 0. The lowest BCUT2D eigenvalue weighted by atomic mass is 9.75. The van der Waals surface area contributed by atoms with Gasteiger partial charge < -0.3 is 5.32 Å². The van der Waals surface area contributed by atoms with E-state index in [-0.39, 0.29) is 0 Å². The Morgan fingerprint density at radius 3 is 2.00 bits per heavy atom. The molecule has 0 atom stereocenters. The Bertz CT molecular complexity index is 159. The van der Waals surface area contributed by atoms with Gasteiger partial charge in [-0.1, -0.05) is 22.6 Å². The molecule has 78 valence electrons. The molecular weight excluding hydrogens is 273 g/mol. The first-order valence-corrected chi connectivity index (χ1v) is 6.72. The van der Waals surface area contributed by atoms with Crippen LogP contribution in [0.25, 0.3) is 0 Å². The van der Waals surface area contributed by atoms with Gasteiger partial charge in [-0.05, 0) is 57.3 Å². The largest absolute Gasteiger partial charge is 0.307 e. The maximum atomic E-state index is 3.72. The van der Waals surface area contributed by atoms with Crippen LogP contribution in [0.2, 0.25) is 0 Å². The quantitative estimate of drug-likeness (QED) is 0.608. The molecule has 2 heteroatoms. The maximum Gasteiger partial charge on any atom is 0.0132 e. The van der Waals surface area contributed by atoms with Gasteiger partial charge in [0.15, 0.2) is 0 Å². The highest BCUT2D eigenvalue weighted by Crippen LogP contribution is 2.34. The van der Waals surface area contributed by atoms with Crippen LogP contribution in [-0.2, 0) is 0 Å². The van der Waals surface area contributed by atoms with Gasteiger partial charge in [-0.15, -0.1) is 0 Å². The molecule has 0 aromatic carbocycles. The van der Waals surface area contributed by atoms with Crippen LogP contribution in [0.5, 0.6) is 0 Å². The SMILES string of the molecule is CC1(C)CC(CCI)CC(C)(C)N1. The minimum absolute atomic E-state index is 0.332. The Morgan fingerprint density at radius 1 is 1.15 bits per heavy atom. The molecule has 1 N–H and O–H groups in total. The van der Waals surface area contributed by atoms with Crippen molar-refractivity contribution in [1.82, 2.24) is 5.32 Å². The molecule has 1 nitrogen and oxygen atoms in total. The van der Waals surface area contributed by atoms with Crippen molar-refractivity contribution in [2.24, 2.45) is 5.92 Å². The van der Waals surface area contributed by atoms with E-state index in [4.69, 9.17) is 0 Å². The molecule has 1 rings (SSSR count). The maximum absolute atomic E-state index is 3.72. The standard InChI is InChI=1S/C11H22IN/c1-10(2)7-9(5-6-12)8-11(3,4)13-10/h9,13H,5-8H2,1-4H3. The van der Waals surface area contributed by atoms with Crippen molar-refractivity contribution in [3.05, 3.63) is 0 Å². The van der Waals surface area contributed by atoms with Crippen molar-refractivity contribution in [3.63, 3.8) is 0 Å². The molecule has 1 saturated heterocycles. The predicted molar refractivity (Wildman–Crippen MR) is 67.5 cm³/mol. The molecule has 0 bridgehead atoms. The van der Waals surface area contributed by atoms with Crippen molar-refractivity contribution in [2.75, 3.05) is 4.43 Å². The van der Waals surface area contributed by atoms with E-state index in [0.29, 0.717) is 11.1 Å². The lowest BCUT2D eigenvalue weighted by molar-refractivity contribution is 0.127. The third kappa shape index (κ3) is 3.74. The Hall–Kier alpha value is 0.690. The highest BCUT2D eigenvalue weighted by atomic mass is 127. The fourth-order valence-corrected chi connectivity index (χ4v) is 3.77. The molecule has 13 heavy (non-hydrogen) atoms. The van der Waals surface area contributed by atoms with Crippen molar-refractivity contribution in [1.29, 1.82) is 0 Å². The van der Waals surface area contributed by atoms with Gasteiger partial charge in [0.2, 0.25) is 0 Å². The zero-order chi connectivity index (χ0) is 10.1. The van der Waals surface area contributed by atoms with Gasteiger partial charge in [-0.3, -0.25) is 0 Å². The molecule has 0 radical (unpaired) electrons. The summed E-state index contributed by atoms with van der Waals surface area (Å²) in [5.41, 5.74) is 0.663. The van der Waals surface area contributed by atoms with Gasteiger partial charge in [-0.25, -0.2) is 0 Å². The van der Waals surface area contributed by atoms with E-state index in [1.807, 2.05) is 0 Å². The lowest BCUT2D eigenvalue weighted by Gasteiger charge is -2.46. The van der Waals surface area contributed by atoms with Gasteiger partial charge in [0.25, 0.3) is 0 Å². The average Bonchev–Trinajstić information content (AvgIpc) is 1.78. The number of alkyl halides is 1. The second-order valence-corrected chi connectivity index (χ2v) is 6.72. The van der Waals surface area contributed by atoms with Gasteiger partial charge in [-0.2, -0.15) is 0 Å². The van der Waals surface area contributed by atoms with Gasteiger partial charge in [0.1, 0.15) is 0 Å². The van der Waals surface area contributed by atoms with Crippen LogP contribution >= 0.6 is 22.6 Å². The summed E-state index contributed by atoms with van der Waals surface area (Å²) in [7, 11) is 0. The van der Waals surface area contributed by atoms with Crippen molar-refractivity contribution < 1.29 is 0 Å². The van der Waals surface area contributed by atoms with E-state index in [1.54, 1.807) is 0 Å². The van der Waals surface area contributed by atoms with E-state index in [2.05, 4.69) is 55.6 Å². The molecule has 0 unspecified atom stereocenters. The van der Waals surface area contributed by atoms with Crippen molar-refractivity contribution in [2.45, 2.75) is 58.0 Å². The molecule has 1 aliphatic heterocycles. The lowest BCUT2D eigenvalue weighted by Crippen LogP contribution is -2.57. The molecule has 0 aliphatic carbocycles. The monoisotopic (exact) mass is 295 g/mol. The first kappa shape index (κ1) is 11.8. The highest BCUT2D eigenvalue weighted by Gasteiger charge is 2.36. The molecule has 1 aliphatic rings. The van der Waals surface area contributed by atoms with Crippen LogP contribution in [0.3, 0.4) is 0 Å². The molecule has 0 aromatic heterocycles. The van der Waals surface area contributed by atoms with Crippen LogP contribution in [0.4, 0.5) is 0 Å². The average molecular weight is 295 g/mol. The van der Waals surface area contributed by atoms with E-state index in [9.17, 15) is 0 Å². The molecule has 0 spiro atoms. The van der Waals surface area contributed by atoms with Crippen molar-refractivity contribution in [3.8, 4) is 0 Å². The first-order chi connectivity index (χ1) is 5.85. The van der Waals surface area contributed by atoms with Crippen LogP contribution < -0.4 is 5.32 Å². The summed E-state index contributed by atoms with van der Waals surface area (Å²) >= 11 is 2.49. The third-order valence-electron chi connectivity index (χ3n) is 2.79. The zero-order valence-electron chi connectivity index (χ0n) is 9.28. The smallest absolute Gasteiger partial charge is 0.0132 e. The number of piperidine rings is 1. The van der Waals surface area contributed by atoms with Crippen LogP contribution in [-0.4, -0.2) is 15.5 Å². The highest BCUT2D eigenvalue weighted by molar-refractivity contribution is 14.1. The number of halogens is 1. The van der Waals surface area contributed by atoms with E-state index in [1.165, 1.54) is 23.7 Å². The summed E-state index contributed by atoms with van der Waals surface area (Å²) in [6.45, 7) is 9.31. The van der Waals surface area contributed by atoms with Gasteiger partial charge >= 0.3 is 0 Å². The number of rotatable bonds is 2. The number of hydrogen-bond acceptors (Lipinski definition) is 1. The van der Waals surface area contributed by atoms with E-state index < -0.39 is 0 Å². The predicted octanol–water partition coefficient (Wildman–Crippen LogP) is 3.37. The van der Waals surface area contributed by atoms with E-state index >= 15 is 0 Å². The summed E-state index contributed by atoms with van der Waals surface area (Å²) < 4.78 is 1.30. The Morgan fingerprint density at radius 2 is 1.62 bits per heavy atom. The zero-order valence-corrected chi connectivity index (χ0v) is 11.4. The van der Waals surface area contributed by atoms with Gasteiger partial charge in [0, 0.05) is 11.1 Å². The summed E-state index contributed by atoms with van der Waals surface area (Å²) in [6, 6.07) is 0. The molecule has 0 amide bonds. The van der Waals surface area contributed by atoms with Crippen molar-refractivity contribution >= 4 is 22.6 Å². The Labute approximate surface area is 96.2 Å². The fourth-order valence-electron chi connectivity index (χ4n) is 2.89. The third-order valence-corrected chi connectivity index (χ3v) is 3.41. The fraction of sp³-hybridized carbons (Fsp3) is 1.00. The second-order valence-electron chi connectivity index (χ2n) is 5.64. The number of hydrogen-bond donors (Lipinski definition) is 1. The Balaban J connectivity index is 2.61. The summed E-state index contributed by atoms with van der Waals surface area (Å²) in [6.07, 6.45) is 4.05. The Kier molecular flexibility index (Phi) is 3.67. The minimum atomic E-state index is 0.332. The molecule has 0 aromatic rings. The van der Waals surface area contributed by atoms with Crippen LogP contribution in [0.15, 0.2) is 0 Å². The first-order valence-electron chi connectivity index (χ1n) is 5.20. The minimum Gasteiger partial charge on any atom is -0.307 e. The molecular formula is C11H22IN. The second kappa shape index (κ2) is 4.05. The van der Waals surface area contributed by atoms with Crippen LogP contribution in [0, 0.1) is 5.92 Å². The molecule has 0 saturated carbocycles. The normalized spacial score (nSPS) is 27.5. The number of nitrogens with one attached hydrogen (secondary N) is 1. The summed E-state index contributed by atoms with van der Waals surface area (Å²) in [5.74, 6) is 0.920.